The third-order valence-electron chi connectivity index (χ3n) is 5.20. The summed E-state index contributed by atoms with van der Waals surface area (Å²) in [6, 6.07) is 9.04. The van der Waals surface area contributed by atoms with Crippen LogP contribution < -0.4 is 19.6 Å². The van der Waals surface area contributed by atoms with Crippen molar-refractivity contribution in [3.8, 4) is 22.8 Å². The van der Waals surface area contributed by atoms with E-state index < -0.39 is 45.5 Å². The lowest BCUT2D eigenvalue weighted by molar-refractivity contribution is -0.274. The first-order valence-corrected chi connectivity index (χ1v) is 12.4. The molecule has 1 fully saturated rings. The van der Waals surface area contributed by atoms with E-state index in [-0.39, 0.29) is 45.9 Å². The van der Waals surface area contributed by atoms with Crippen LogP contribution in [-0.2, 0) is 14.8 Å². The molecule has 0 spiro atoms. The summed E-state index contributed by atoms with van der Waals surface area (Å²) in [5, 5.41) is 0.388. The monoisotopic (exact) mass is 531 g/mol. The summed E-state index contributed by atoms with van der Waals surface area (Å²) in [6.45, 7) is 0. The molecule has 0 unspecified atom stereocenters. The Labute approximate surface area is 201 Å². The Morgan fingerprint density at radius 1 is 1.17 bits per heavy atom. The van der Waals surface area contributed by atoms with E-state index in [1.54, 1.807) is 6.07 Å². The molecule has 0 saturated heterocycles. The number of carbonyl (C=O) groups is 1. The molecule has 2 aromatic carbocycles. The Hall–Kier alpha value is -3.25. The summed E-state index contributed by atoms with van der Waals surface area (Å²) in [5.41, 5.74) is -0.173. The Kier molecular flexibility index (Phi) is 6.45. The number of amides is 1. The minimum Gasteiger partial charge on any atom is -0.489 e. The van der Waals surface area contributed by atoms with E-state index >= 15 is 0 Å². The normalized spacial score (nSPS) is 18.1. The van der Waals surface area contributed by atoms with Gasteiger partial charge in [-0.25, -0.2) is 8.42 Å². The second-order valence-electron chi connectivity index (χ2n) is 7.94. The van der Waals surface area contributed by atoms with Crippen molar-refractivity contribution in [3.63, 3.8) is 0 Å². The molecule has 1 aliphatic rings. The van der Waals surface area contributed by atoms with Gasteiger partial charge in [0, 0.05) is 18.1 Å². The maximum Gasteiger partial charge on any atom is 0.573 e. The average molecular weight is 532 g/mol. The van der Waals surface area contributed by atoms with E-state index in [9.17, 15) is 31.2 Å². The molecular formula is C22H17ClF3NO7S. The van der Waals surface area contributed by atoms with Crippen molar-refractivity contribution in [1.29, 1.82) is 0 Å². The topological polar surface area (TPSA) is 112 Å². The van der Waals surface area contributed by atoms with Gasteiger partial charge in [-0.2, -0.15) is 0 Å². The van der Waals surface area contributed by atoms with Crippen molar-refractivity contribution in [2.45, 2.75) is 25.3 Å². The average Bonchev–Trinajstić information content (AvgIpc) is 2.68. The molecule has 8 nitrogen and oxygen atoms in total. The van der Waals surface area contributed by atoms with E-state index in [2.05, 4.69) is 4.74 Å². The van der Waals surface area contributed by atoms with E-state index in [0.29, 0.717) is 0 Å². The van der Waals surface area contributed by atoms with Gasteiger partial charge in [0.2, 0.25) is 15.9 Å². The summed E-state index contributed by atoms with van der Waals surface area (Å²) >= 11 is 6.14. The summed E-state index contributed by atoms with van der Waals surface area (Å²) in [7, 11) is -3.73. The second kappa shape index (κ2) is 9.08. The van der Waals surface area contributed by atoms with Crippen molar-refractivity contribution in [2.24, 2.45) is 5.92 Å². The molecule has 0 radical (unpaired) electrons. The fourth-order valence-electron chi connectivity index (χ4n) is 3.60. The first-order chi connectivity index (χ1) is 16.3. The van der Waals surface area contributed by atoms with Crippen LogP contribution in [0.3, 0.4) is 0 Å². The van der Waals surface area contributed by atoms with E-state index in [4.69, 9.17) is 20.8 Å². The Bertz CT molecular complexity index is 1460. The summed E-state index contributed by atoms with van der Waals surface area (Å²) in [5.74, 6) is -2.01. The molecule has 13 heteroatoms. The predicted molar refractivity (Wildman–Crippen MR) is 120 cm³/mol. The lowest BCUT2D eigenvalue weighted by Crippen LogP contribution is -2.45. The molecular weight excluding hydrogens is 515 g/mol. The van der Waals surface area contributed by atoms with Crippen LogP contribution in [0.1, 0.15) is 12.8 Å². The maximum absolute atomic E-state index is 12.8. The van der Waals surface area contributed by atoms with E-state index in [0.717, 1.165) is 24.5 Å². The van der Waals surface area contributed by atoms with Crippen LogP contribution in [0.15, 0.2) is 51.7 Å². The van der Waals surface area contributed by atoms with Crippen molar-refractivity contribution >= 4 is 38.5 Å². The van der Waals surface area contributed by atoms with Gasteiger partial charge in [-0.3, -0.25) is 14.3 Å². The van der Waals surface area contributed by atoms with Crippen molar-refractivity contribution in [1.82, 2.24) is 4.72 Å². The lowest BCUT2D eigenvalue weighted by Gasteiger charge is -2.34. The van der Waals surface area contributed by atoms with E-state index in [1.165, 1.54) is 18.2 Å². The number of para-hydroxylation sites is 1. The van der Waals surface area contributed by atoms with Gasteiger partial charge in [0.15, 0.2) is 11.0 Å². The van der Waals surface area contributed by atoms with Gasteiger partial charge in [0.25, 0.3) is 0 Å². The zero-order valence-corrected chi connectivity index (χ0v) is 19.5. The third kappa shape index (κ3) is 5.88. The standard InChI is InChI=1S/C22H17ClF3NO7S/c1-35(30,31)27-21(29)11-7-13(8-11)32-18-9-12(34-22(24,25)26)5-6-15(18)19-10-17(28)14-3-2-4-16(23)20(14)33-19/h2-6,9-11,13H,7-8H2,1H3,(H,27,29). The largest absolute Gasteiger partial charge is 0.573 e. The molecule has 0 aliphatic heterocycles. The first-order valence-electron chi connectivity index (χ1n) is 10.1. The number of rotatable bonds is 6. The zero-order valence-electron chi connectivity index (χ0n) is 17.9. The Morgan fingerprint density at radius 3 is 2.54 bits per heavy atom. The van der Waals surface area contributed by atoms with Crippen LogP contribution in [0.4, 0.5) is 13.2 Å². The number of sulfonamides is 1. The van der Waals surface area contributed by atoms with Crippen LogP contribution in [0, 0.1) is 5.92 Å². The number of carbonyl (C=O) groups excluding carboxylic acids is 1. The maximum atomic E-state index is 12.8. The smallest absolute Gasteiger partial charge is 0.489 e. The number of benzene rings is 2. The molecule has 1 heterocycles. The van der Waals surface area contributed by atoms with Gasteiger partial charge in [0.1, 0.15) is 23.4 Å². The van der Waals surface area contributed by atoms with Gasteiger partial charge < -0.3 is 13.9 Å². The molecule has 3 aromatic rings. The summed E-state index contributed by atoms with van der Waals surface area (Å²) in [6.07, 6.45) is -4.47. The van der Waals surface area contributed by atoms with Crippen molar-refractivity contribution in [2.75, 3.05) is 6.26 Å². The Balaban J connectivity index is 1.66. The number of hydrogen-bond acceptors (Lipinski definition) is 7. The number of alkyl halides is 3. The van der Waals surface area contributed by atoms with Crippen LogP contribution in [-0.4, -0.2) is 33.0 Å². The second-order valence-corrected chi connectivity index (χ2v) is 10.1. The molecule has 1 aromatic heterocycles. The molecule has 0 bridgehead atoms. The lowest BCUT2D eigenvalue weighted by atomic mass is 9.82. The highest BCUT2D eigenvalue weighted by Gasteiger charge is 2.38. The fourth-order valence-corrected chi connectivity index (χ4v) is 4.34. The molecule has 4 rings (SSSR count). The molecule has 186 valence electrons. The third-order valence-corrected chi connectivity index (χ3v) is 6.07. The van der Waals surface area contributed by atoms with Gasteiger partial charge in [0.05, 0.1) is 22.2 Å². The highest BCUT2D eigenvalue weighted by Crippen LogP contribution is 2.40. The van der Waals surface area contributed by atoms with Gasteiger partial charge >= 0.3 is 6.36 Å². The van der Waals surface area contributed by atoms with Crippen LogP contribution >= 0.6 is 11.6 Å². The summed E-state index contributed by atoms with van der Waals surface area (Å²) < 4.78 is 78.2. The molecule has 1 saturated carbocycles. The zero-order chi connectivity index (χ0) is 25.5. The first kappa shape index (κ1) is 24.9. The van der Waals surface area contributed by atoms with Crippen molar-refractivity contribution in [3.05, 3.63) is 57.7 Å². The van der Waals surface area contributed by atoms with E-state index in [1.807, 2.05) is 4.72 Å². The Morgan fingerprint density at radius 2 is 1.89 bits per heavy atom. The highest BCUT2D eigenvalue weighted by molar-refractivity contribution is 7.89. The van der Waals surface area contributed by atoms with Gasteiger partial charge in [-0.1, -0.05) is 17.7 Å². The predicted octanol–water partition coefficient (Wildman–Crippen LogP) is 4.25. The van der Waals surface area contributed by atoms with Crippen LogP contribution in [0.25, 0.3) is 22.3 Å². The fraction of sp³-hybridized carbons (Fsp3) is 0.273. The number of hydrogen-bond donors (Lipinski definition) is 1. The molecule has 1 aliphatic carbocycles. The minimum atomic E-state index is -4.95. The molecule has 35 heavy (non-hydrogen) atoms. The van der Waals surface area contributed by atoms with Gasteiger partial charge in [-0.05, 0) is 37.1 Å². The SMILES string of the molecule is CS(=O)(=O)NC(=O)C1CC(Oc2cc(OC(F)(F)F)ccc2-c2cc(=O)c3cccc(Cl)c3o2)C1. The molecule has 0 atom stereocenters. The number of ether oxygens (including phenoxy) is 2. The van der Waals surface area contributed by atoms with Gasteiger partial charge in [-0.15, -0.1) is 13.2 Å². The quantitative estimate of drug-likeness (QED) is 0.506. The number of halogens is 4. The highest BCUT2D eigenvalue weighted by atomic mass is 35.5. The number of nitrogens with one attached hydrogen (secondary N) is 1. The minimum absolute atomic E-state index is 0.00477. The van der Waals surface area contributed by atoms with Crippen molar-refractivity contribution < 1.29 is 40.3 Å². The molecule has 1 N–H and O–H groups in total. The van der Waals surface area contributed by atoms with Crippen LogP contribution in [0.5, 0.6) is 11.5 Å². The summed E-state index contributed by atoms with van der Waals surface area (Å²) in [4.78, 5) is 24.6. The number of fused-ring (bicyclic) bond motifs is 1. The molecule has 1 amide bonds. The van der Waals surface area contributed by atoms with Crippen LogP contribution in [0.2, 0.25) is 5.02 Å².